The average Bonchev–Trinajstić information content (AvgIpc) is 2.97. The van der Waals surface area contributed by atoms with E-state index in [0.717, 1.165) is 38.2 Å². The summed E-state index contributed by atoms with van der Waals surface area (Å²) in [7, 11) is 0. The van der Waals surface area contributed by atoms with E-state index in [1.807, 2.05) is 29.2 Å². The highest BCUT2D eigenvalue weighted by Gasteiger charge is 2.19. The van der Waals surface area contributed by atoms with E-state index in [1.165, 1.54) is 0 Å². The zero-order chi connectivity index (χ0) is 16.7. The summed E-state index contributed by atoms with van der Waals surface area (Å²) in [5.74, 6) is 0.184. The molecule has 2 rings (SSSR count). The minimum absolute atomic E-state index is 0.0408. The molecule has 1 aliphatic rings. The molecular weight excluding hydrogens is 290 g/mol. The van der Waals surface area contributed by atoms with Crippen molar-refractivity contribution in [3.05, 3.63) is 35.4 Å². The van der Waals surface area contributed by atoms with Crippen molar-refractivity contribution in [1.82, 2.24) is 15.1 Å². The molecule has 5 nitrogen and oxygen atoms in total. The SMILES string of the molecule is CCN(CC)CCNC(=O)c1ccc(CN2CCCC2=O)cc1. The molecule has 0 radical (unpaired) electrons. The Hall–Kier alpha value is -1.88. The summed E-state index contributed by atoms with van der Waals surface area (Å²) >= 11 is 0. The summed E-state index contributed by atoms with van der Waals surface area (Å²) in [6.45, 7) is 9.24. The fraction of sp³-hybridized carbons (Fsp3) is 0.556. The van der Waals surface area contributed by atoms with Crippen LogP contribution in [0.2, 0.25) is 0 Å². The van der Waals surface area contributed by atoms with Crippen LogP contribution in [0.25, 0.3) is 0 Å². The number of nitrogens with zero attached hydrogens (tertiary/aromatic N) is 2. The molecule has 1 aromatic rings. The molecule has 0 spiro atoms. The van der Waals surface area contributed by atoms with Crippen molar-refractivity contribution in [1.29, 1.82) is 0 Å². The maximum absolute atomic E-state index is 12.1. The first-order valence-corrected chi connectivity index (χ1v) is 8.51. The summed E-state index contributed by atoms with van der Waals surface area (Å²) in [6.07, 6.45) is 1.61. The Morgan fingerprint density at radius 3 is 2.48 bits per heavy atom. The van der Waals surface area contributed by atoms with E-state index in [-0.39, 0.29) is 11.8 Å². The van der Waals surface area contributed by atoms with Gasteiger partial charge in [0.05, 0.1) is 0 Å². The first-order valence-electron chi connectivity index (χ1n) is 8.51. The molecule has 1 N–H and O–H groups in total. The second-order valence-corrected chi connectivity index (χ2v) is 5.90. The van der Waals surface area contributed by atoms with Gasteiger partial charge in [-0.3, -0.25) is 9.59 Å². The van der Waals surface area contributed by atoms with E-state index in [4.69, 9.17) is 0 Å². The highest BCUT2D eigenvalue weighted by molar-refractivity contribution is 5.94. The first-order chi connectivity index (χ1) is 11.1. The standard InChI is InChI=1S/C18H27N3O2/c1-3-20(4-2)13-11-19-18(23)16-9-7-15(8-10-16)14-21-12-5-6-17(21)22/h7-10H,3-6,11-14H2,1-2H3,(H,19,23). The maximum Gasteiger partial charge on any atom is 0.251 e. The van der Waals surface area contributed by atoms with Gasteiger partial charge in [0.1, 0.15) is 0 Å². The lowest BCUT2D eigenvalue weighted by Gasteiger charge is -2.18. The van der Waals surface area contributed by atoms with Crippen molar-refractivity contribution in [3.63, 3.8) is 0 Å². The Morgan fingerprint density at radius 2 is 1.91 bits per heavy atom. The number of hydrogen-bond donors (Lipinski definition) is 1. The van der Waals surface area contributed by atoms with Crippen molar-refractivity contribution in [3.8, 4) is 0 Å². The van der Waals surface area contributed by atoms with Gasteiger partial charge < -0.3 is 15.1 Å². The minimum atomic E-state index is -0.0408. The molecule has 23 heavy (non-hydrogen) atoms. The van der Waals surface area contributed by atoms with Gasteiger partial charge in [-0.15, -0.1) is 0 Å². The summed E-state index contributed by atoms with van der Waals surface area (Å²) in [5, 5.41) is 2.95. The number of carbonyl (C=O) groups excluding carboxylic acids is 2. The van der Waals surface area contributed by atoms with Crippen LogP contribution in [0.3, 0.4) is 0 Å². The Kier molecular flexibility index (Phi) is 6.59. The van der Waals surface area contributed by atoms with Crippen LogP contribution in [0, 0.1) is 0 Å². The highest BCUT2D eigenvalue weighted by Crippen LogP contribution is 2.14. The second-order valence-electron chi connectivity index (χ2n) is 5.90. The van der Waals surface area contributed by atoms with Gasteiger partial charge in [-0.1, -0.05) is 26.0 Å². The van der Waals surface area contributed by atoms with Gasteiger partial charge in [-0.25, -0.2) is 0 Å². The maximum atomic E-state index is 12.1. The summed E-state index contributed by atoms with van der Waals surface area (Å²) < 4.78 is 0. The van der Waals surface area contributed by atoms with Crippen molar-refractivity contribution in [2.24, 2.45) is 0 Å². The first kappa shape index (κ1) is 17.5. The van der Waals surface area contributed by atoms with Crippen LogP contribution >= 0.6 is 0 Å². The smallest absolute Gasteiger partial charge is 0.251 e. The van der Waals surface area contributed by atoms with Gasteiger partial charge in [0.2, 0.25) is 5.91 Å². The summed E-state index contributed by atoms with van der Waals surface area (Å²) in [5.41, 5.74) is 1.74. The van der Waals surface area contributed by atoms with Gasteiger partial charge in [0.15, 0.2) is 0 Å². The molecule has 1 aromatic carbocycles. The molecule has 126 valence electrons. The van der Waals surface area contributed by atoms with Crippen LogP contribution in [0.15, 0.2) is 24.3 Å². The molecule has 0 unspecified atom stereocenters. The lowest BCUT2D eigenvalue weighted by Crippen LogP contribution is -2.34. The number of likely N-dealkylation sites (N-methyl/N-ethyl adjacent to an activating group) is 1. The van der Waals surface area contributed by atoms with Crippen LogP contribution in [-0.2, 0) is 11.3 Å². The third-order valence-corrected chi connectivity index (χ3v) is 4.37. The van der Waals surface area contributed by atoms with Crippen LogP contribution in [0.1, 0.15) is 42.6 Å². The van der Waals surface area contributed by atoms with Crippen molar-refractivity contribution < 1.29 is 9.59 Å². The van der Waals surface area contributed by atoms with E-state index < -0.39 is 0 Å². The third-order valence-electron chi connectivity index (χ3n) is 4.37. The molecule has 0 aromatic heterocycles. The van der Waals surface area contributed by atoms with E-state index in [2.05, 4.69) is 24.1 Å². The van der Waals surface area contributed by atoms with Gasteiger partial charge in [0, 0.05) is 38.2 Å². The largest absolute Gasteiger partial charge is 0.351 e. The van der Waals surface area contributed by atoms with Crippen LogP contribution in [0.5, 0.6) is 0 Å². The van der Waals surface area contributed by atoms with Crippen molar-refractivity contribution in [2.45, 2.75) is 33.2 Å². The number of hydrogen-bond acceptors (Lipinski definition) is 3. The molecule has 1 fully saturated rings. The Bertz CT molecular complexity index is 524. The van der Waals surface area contributed by atoms with Crippen LogP contribution in [0.4, 0.5) is 0 Å². The molecule has 1 heterocycles. The Morgan fingerprint density at radius 1 is 1.22 bits per heavy atom. The molecule has 2 amide bonds. The van der Waals surface area contributed by atoms with Gasteiger partial charge in [-0.05, 0) is 37.2 Å². The molecule has 0 saturated carbocycles. The predicted molar refractivity (Wildman–Crippen MR) is 91.2 cm³/mol. The number of carbonyl (C=O) groups is 2. The number of nitrogens with one attached hydrogen (secondary N) is 1. The lowest BCUT2D eigenvalue weighted by atomic mass is 10.1. The van der Waals surface area contributed by atoms with Gasteiger partial charge in [-0.2, -0.15) is 0 Å². The Balaban J connectivity index is 1.81. The molecule has 1 saturated heterocycles. The fourth-order valence-corrected chi connectivity index (χ4v) is 2.82. The highest BCUT2D eigenvalue weighted by atomic mass is 16.2. The summed E-state index contributed by atoms with van der Waals surface area (Å²) in [6, 6.07) is 7.54. The number of amides is 2. The number of likely N-dealkylation sites (tertiary alicyclic amines) is 1. The predicted octanol–water partition coefficient (Wildman–Crippen LogP) is 1.88. The number of benzene rings is 1. The quantitative estimate of drug-likeness (QED) is 0.796. The van der Waals surface area contributed by atoms with Gasteiger partial charge in [0.25, 0.3) is 5.91 Å². The Labute approximate surface area is 138 Å². The van der Waals surface area contributed by atoms with Crippen molar-refractivity contribution in [2.75, 3.05) is 32.7 Å². The van der Waals surface area contributed by atoms with E-state index in [9.17, 15) is 9.59 Å². The van der Waals surface area contributed by atoms with Crippen molar-refractivity contribution >= 4 is 11.8 Å². The molecule has 0 bridgehead atoms. The molecule has 1 aliphatic heterocycles. The minimum Gasteiger partial charge on any atom is -0.351 e. The van der Waals surface area contributed by atoms with Crippen LogP contribution < -0.4 is 5.32 Å². The summed E-state index contributed by atoms with van der Waals surface area (Å²) in [4.78, 5) is 27.9. The van der Waals surface area contributed by atoms with Crippen LogP contribution in [-0.4, -0.2) is 54.3 Å². The second kappa shape index (κ2) is 8.67. The molecular formula is C18H27N3O2. The van der Waals surface area contributed by atoms with E-state index in [1.54, 1.807) is 0 Å². The number of rotatable bonds is 8. The molecule has 5 heteroatoms. The normalized spacial score (nSPS) is 14.6. The topological polar surface area (TPSA) is 52.7 Å². The monoisotopic (exact) mass is 317 g/mol. The van der Waals surface area contributed by atoms with E-state index in [0.29, 0.717) is 25.1 Å². The van der Waals surface area contributed by atoms with Gasteiger partial charge >= 0.3 is 0 Å². The molecule has 0 aliphatic carbocycles. The van der Waals surface area contributed by atoms with E-state index >= 15 is 0 Å². The lowest BCUT2D eigenvalue weighted by molar-refractivity contribution is -0.128. The molecule has 0 atom stereocenters. The zero-order valence-electron chi connectivity index (χ0n) is 14.2. The zero-order valence-corrected chi connectivity index (χ0v) is 14.2. The average molecular weight is 317 g/mol. The fourth-order valence-electron chi connectivity index (χ4n) is 2.82. The third kappa shape index (κ3) is 5.06.